The van der Waals surface area contributed by atoms with Crippen LogP contribution in [-0.2, 0) is 16.7 Å². The summed E-state index contributed by atoms with van der Waals surface area (Å²) in [7, 11) is 1.78. The maximum absolute atomic E-state index is 5.18. The third kappa shape index (κ3) is 4.26. The zero-order chi connectivity index (χ0) is 13.9. The molecule has 0 aliphatic heterocycles. The Kier molecular flexibility index (Phi) is 4.64. The molecule has 3 nitrogen and oxygen atoms in total. The number of nitrogens with zero attached hydrogens (tertiary/aromatic N) is 1. The molecule has 4 heteroatoms. The molecule has 0 amide bonds. The SMILES string of the molecule is COCCC1(CNCc2csc(C(C)(C)C)n2)CC1. The zero-order valence-electron chi connectivity index (χ0n) is 12.6. The Labute approximate surface area is 120 Å². The van der Waals surface area contributed by atoms with Gasteiger partial charge in [-0.15, -0.1) is 11.3 Å². The van der Waals surface area contributed by atoms with E-state index in [2.05, 4.69) is 31.5 Å². The van der Waals surface area contributed by atoms with Crippen molar-refractivity contribution in [2.45, 2.75) is 52.0 Å². The third-order valence-corrected chi connectivity index (χ3v) is 5.11. The molecule has 1 aromatic rings. The number of ether oxygens (including phenoxy) is 1. The normalized spacial score (nSPS) is 17.7. The minimum absolute atomic E-state index is 0.166. The van der Waals surface area contributed by atoms with Gasteiger partial charge < -0.3 is 10.1 Å². The summed E-state index contributed by atoms with van der Waals surface area (Å²) in [5.41, 5.74) is 1.86. The van der Waals surface area contributed by atoms with E-state index in [-0.39, 0.29) is 5.41 Å². The van der Waals surface area contributed by atoms with E-state index in [9.17, 15) is 0 Å². The Hall–Kier alpha value is -0.450. The first-order valence-electron chi connectivity index (χ1n) is 7.10. The lowest BCUT2D eigenvalue weighted by Gasteiger charge is -2.15. The van der Waals surface area contributed by atoms with Crippen LogP contribution in [0.15, 0.2) is 5.38 Å². The minimum Gasteiger partial charge on any atom is -0.385 e. The van der Waals surface area contributed by atoms with Gasteiger partial charge in [-0.3, -0.25) is 0 Å². The van der Waals surface area contributed by atoms with Gasteiger partial charge in [0.2, 0.25) is 0 Å². The number of methoxy groups -OCH3 is 1. The van der Waals surface area contributed by atoms with Gasteiger partial charge in [0.05, 0.1) is 10.7 Å². The van der Waals surface area contributed by atoms with E-state index in [1.54, 1.807) is 18.4 Å². The van der Waals surface area contributed by atoms with Crippen LogP contribution in [0.3, 0.4) is 0 Å². The molecule has 0 spiro atoms. The van der Waals surface area contributed by atoms with Crippen molar-refractivity contribution in [3.05, 3.63) is 16.1 Å². The lowest BCUT2D eigenvalue weighted by atomic mass is 9.98. The number of hydrogen-bond acceptors (Lipinski definition) is 4. The van der Waals surface area contributed by atoms with Crippen molar-refractivity contribution in [2.24, 2.45) is 5.41 Å². The monoisotopic (exact) mass is 282 g/mol. The number of hydrogen-bond donors (Lipinski definition) is 1. The lowest BCUT2D eigenvalue weighted by Crippen LogP contribution is -2.25. The van der Waals surface area contributed by atoms with Gasteiger partial charge in [-0.25, -0.2) is 4.98 Å². The highest BCUT2D eigenvalue weighted by Crippen LogP contribution is 2.48. The second-order valence-corrected chi connectivity index (χ2v) is 7.60. The Morgan fingerprint density at radius 1 is 1.42 bits per heavy atom. The van der Waals surface area contributed by atoms with Gasteiger partial charge in [-0.1, -0.05) is 20.8 Å². The molecule has 0 radical (unpaired) electrons. The van der Waals surface area contributed by atoms with Crippen molar-refractivity contribution >= 4 is 11.3 Å². The molecular formula is C15H26N2OS. The fourth-order valence-electron chi connectivity index (χ4n) is 2.20. The predicted molar refractivity (Wildman–Crippen MR) is 80.7 cm³/mol. The molecule has 1 aliphatic carbocycles. The minimum atomic E-state index is 0.166. The van der Waals surface area contributed by atoms with Crippen molar-refractivity contribution in [2.75, 3.05) is 20.3 Å². The number of rotatable bonds is 7. The van der Waals surface area contributed by atoms with Crippen molar-refractivity contribution in [3.8, 4) is 0 Å². The smallest absolute Gasteiger partial charge is 0.0982 e. The van der Waals surface area contributed by atoms with Gasteiger partial charge in [0, 0.05) is 37.6 Å². The van der Waals surface area contributed by atoms with Crippen molar-refractivity contribution < 1.29 is 4.74 Å². The third-order valence-electron chi connectivity index (χ3n) is 3.79. The molecule has 0 unspecified atom stereocenters. The quantitative estimate of drug-likeness (QED) is 0.833. The van der Waals surface area contributed by atoms with Crippen molar-refractivity contribution in [1.29, 1.82) is 0 Å². The fraction of sp³-hybridized carbons (Fsp3) is 0.800. The Balaban J connectivity index is 1.76. The highest BCUT2D eigenvalue weighted by molar-refractivity contribution is 7.09. The second kappa shape index (κ2) is 5.90. The van der Waals surface area contributed by atoms with Crippen LogP contribution < -0.4 is 5.32 Å². The summed E-state index contributed by atoms with van der Waals surface area (Å²) in [5.74, 6) is 0. The molecule has 2 rings (SSSR count). The molecule has 0 bridgehead atoms. The molecule has 1 fully saturated rings. The van der Waals surface area contributed by atoms with Crippen molar-refractivity contribution in [1.82, 2.24) is 10.3 Å². The summed E-state index contributed by atoms with van der Waals surface area (Å²) in [4.78, 5) is 4.71. The van der Waals surface area contributed by atoms with Crippen LogP contribution in [0.2, 0.25) is 0 Å². The Morgan fingerprint density at radius 2 is 2.16 bits per heavy atom. The van der Waals surface area contributed by atoms with Crippen LogP contribution >= 0.6 is 11.3 Å². The van der Waals surface area contributed by atoms with E-state index in [0.29, 0.717) is 5.41 Å². The van der Waals surface area contributed by atoms with E-state index in [1.807, 2.05) is 0 Å². The largest absolute Gasteiger partial charge is 0.385 e. The van der Waals surface area contributed by atoms with E-state index in [4.69, 9.17) is 9.72 Å². The molecule has 0 atom stereocenters. The maximum Gasteiger partial charge on any atom is 0.0982 e. The first-order chi connectivity index (χ1) is 8.95. The number of nitrogens with one attached hydrogen (secondary N) is 1. The van der Waals surface area contributed by atoms with Gasteiger partial charge in [-0.2, -0.15) is 0 Å². The van der Waals surface area contributed by atoms with E-state index in [0.717, 1.165) is 19.7 Å². The molecule has 1 aromatic heterocycles. The number of aromatic nitrogens is 1. The van der Waals surface area contributed by atoms with Crippen LogP contribution in [0.4, 0.5) is 0 Å². The van der Waals surface area contributed by atoms with Crippen LogP contribution in [-0.4, -0.2) is 25.2 Å². The molecule has 19 heavy (non-hydrogen) atoms. The van der Waals surface area contributed by atoms with E-state index in [1.165, 1.54) is 30.0 Å². The molecule has 1 saturated carbocycles. The highest BCUT2D eigenvalue weighted by atomic mass is 32.1. The standard InChI is InChI=1S/C15H26N2OS/c1-14(2,3)13-17-12(10-19-13)9-16-11-15(5-6-15)7-8-18-4/h10,16H,5-9,11H2,1-4H3. The number of thiazole rings is 1. The summed E-state index contributed by atoms with van der Waals surface area (Å²) in [5, 5.41) is 6.98. The zero-order valence-corrected chi connectivity index (χ0v) is 13.4. The summed E-state index contributed by atoms with van der Waals surface area (Å²) in [6.07, 6.45) is 3.86. The molecule has 108 valence electrons. The molecule has 1 N–H and O–H groups in total. The van der Waals surface area contributed by atoms with Crippen molar-refractivity contribution in [3.63, 3.8) is 0 Å². The molecule has 1 aliphatic rings. The summed E-state index contributed by atoms with van der Waals surface area (Å²) in [6, 6.07) is 0. The first kappa shape index (κ1) is 14.9. The fourth-order valence-corrected chi connectivity index (χ4v) is 3.11. The summed E-state index contributed by atoms with van der Waals surface area (Å²) >= 11 is 1.77. The average Bonchev–Trinajstić information content (AvgIpc) is 2.92. The molecule has 0 aromatic carbocycles. The predicted octanol–water partition coefficient (Wildman–Crippen LogP) is 3.35. The Bertz CT molecular complexity index is 405. The highest BCUT2D eigenvalue weighted by Gasteiger charge is 2.41. The van der Waals surface area contributed by atoms with Gasteiger partial charge in [-0.05, 0) is 24.7 Å². The average molecular weight is 282 g/mol. The van der Waals surface area contributed by atoms with Crippen LogP contribution in [0.25, 0.3) is 0 Å². The Morgan fingerprint density at radius 3 is 2.68 bits per heavy atom. The van der Waals surface area contributed by atoms with Gasteiger partial charge in [0.25, 0.3) is 0 Å². The van der Waals surface area contributed by atoms with Crippen LogP contribution in [0, 0.1) is 5.41 Å². The van der Waals surface area contributed by atoms with Crippen LogP contribution in [0.5, 0.6) is 0 Å². The lowest BCUT2D eigenvalue weighted by molar-refractivity contribution is 0.171. The summed E-state index contributed by atoms with van der Waals surface area (Å²) in [6.45, 7) is 9.51. The summed E-state index contributed by atoms with van der Waals surface area (Å²) < 4.78 is 5.18. The van der Waals surface area contributed by atoms with Gasteiger partial charge >= 0.3 is 0 Å². The molecule has 1 heterocycles. The maximum atomic E-state index is 5.18. The first-order valence-corrected chi connectivity index (χ1v) is 7.98. The molecule has 0 saturated heterocycles. The van der Waals surface area contributed by atoms with Crippen LogP contribution in [0.1, 0.15) is 50.7 Å². The second-order valence-electron chi connectivity index (χ2n) is 6.74. The van der Waals surface area contributed by atoms with E-state index >= 15 is 0 Å². The topological polar surface area (TPSA) is 34.1 Å². The molecular weight excluding hydrogens is 256 g/mol. The van der Waals surface area contributed by atoms with Gasteiger partial charge in [0.15, 0.2) is 0 Å². The van der Waals surface area contributed by atoms with Gasteiger partial charge in [0.1, 0.15) is 0 Å². The van der Waals surface area contributed by atoms with E-state index < -0.39 is 0 Å².